The Bertz CT molecular complexity index is 92.7. The molecule has 54 valence electrons. The molecule has 0 unspecified atom stereocenters. The minimum absolute atomic E-state index is 0.708. The number of thioether (sulfide) groups is 1. The Hall–Kier alpha value is 0.0900. The molecular weight excluding hydrogens is 128 g/mol. The first-order chi connectivity index (χ1) is 4.22. The zero-order valence-corrected chi connectivity index (χ0v) is 7.59. The van der Waals surface area contributed by atoms with E-state index < -0.39 is 0 Å². The summed E-state index contributed by atoms with van der Waals surface area (Å²) in [7, 11) is 0. The van der Waals surface area contributed by atoms with Crippen LogP contribution in [0.1, 0.15) is 27.2 Å². The topological polar surface area (TPSA) is 0 Å². The first-order valence-corrected chi connectivity index (χ1v) is 4.68. The summed E-state index contributed by atoms with van der Waals surface area (Å²) in [6, 6.07) is 0. The van der Waals surface area contributed by atoms with Crippen LogP contribution in [-0.4, -0.2) is 6.26 Å². The fourth-order valence-electron chi connectivity index (χ4n) is 0.756. The van der Waals surface area contributed by atoms with E-state index in [-0.39, 0.29) is 0 Å². The lowest BCUT2D eigenvalue weighted by atomic mass is 10.2. The zero-order chi connectivity index (χ0) is 7.28. The van der Waals surface area contributed by atoms with Gasteiger partial charge in [0.15, 0.2) is 0 Å². The molecule has 0 aromatic carbocycles. The molecule has 0 amide bonds. The highest BCUT2D eigenvalue weighted by Gasteiger charge is 1.97. The van der Waals surface area contributed by atoms with E-state index in [0.717, 1.165) is 6.42 Å². The smallest absolute Gasteiger partial charge is 0.0140 e. The van der Waals surface area contributed by atoms with Gasteiger partial charge in [-0.15, -0.1) is 11.8 Å². The molecule has 0 rings (SSSR count). The average Bonchev–Trinajstić information content (AvgIpc) is 1.82. The summed E-state index contributed by atoms with van der Waals surface area (Å²) in [5.41, 5.74) is 0. The number of hydrogen-bond donors (Lipinski definition) is 0. The van der Waals surface area contributed by atoms with Crippen LogP contribution in [0.3, 0.4) is 0 Å². The van der Waals surface area contributed by atoms with Crippen molar-refractivity contribution in [3.63, 3.8) is 0 Å². The number of rotatable bonds is 3. The lowest BCUT2D eigenvalue weighted by Crippen LogP contribution is -1.87. The molecule has 0 nitrogen and oxygen atoms in total. The SMILES string of the molecule is CCC=C(SC)C(C)C. The monoisotopic (exact) mass is 144 g/mol. The average molecular weight is 144 g/mol. The molecule has 0 spiro atoms. The Labute approximate surface area is 62.7 Å². The molecule has 0 aromatic heterocycles. The Kier molecular flexibility index (Phi) is 4.97. The molecule has 9 heavy (non-hydrogen) atoms. The van der Waals surface area contributed by atoms with Crippen molar-refractivity contribution in [2.24, 2.45) is 5.92 Å². The first-order valence-electron chi connectivity index (χ1n) is 3.46. The lowest BCUT2D eigenvalue weighted by molar-refractivity contribution is 0.811. The maximum Gasteiger partial charge on any atom is -0.0140 e. The lowest BCUT2D eigenvalue weighted by Gasteiger charge is -2.05. The van der Waals surface area contributed by atoms with E-state index in [0.29, 0.717) is 5.92 Å². The molecule has 0 radical (unpaired) electrons. The summed E-state index contributed by atoms with van der Waals surface area (Å²) in [5, 5.41) is 0. The fourth-order valence-corrected chi connectivity index (χ4v) is 1.56. The molecule has 0 aliphatic rings. The van der Waals surface area contributed by atoms with E-state index in [2.05, 4.69) is 33.1 Å². The van der Waals surface area contributed by atoms with Gasteiger partial charge >= 0.3 is 0 Å². The van der Waals surface area contributed by atoms with Crippen LogP contribution in [-0.2, 0) is 0 Å². The third-order valence-corrected chi connectivity index (χ3v) is 2.32. The van der Waals surface area contributed by atoms with Gasteiger partial charge in [-0.05, 0) is 23.5 Å². The van der Waals surface area contributed by atoms with Crippen molar-refractivity contribution in [3.8, 4) is 0 Å². The van der Waals surface area contributed by atoms with Gasteiger partial charge in [-0.2, -0.15) is 0 Å². The summed E-state index contributed by atoms with van der Waals surface area (Å²) in [6.45, 7) is 6.65. The zero-order valence-electron chi connectivity index (χ0n) is 6.77. The highest BCUT2D eigenvalue weighted by molar-refractivity contribution is 8.02. The minimum Gasteiger partial charge on any atom is -0.134 e. The summed E-state index contributed by atoms with van der Waals surface area (Å²) in [5.74, 6) is 0.708. The summed E-state index contributed by atoms with van der Waals surface area (Å²) in [4.78, 5) is 1.51. The van der Waals surface area contributed by atoms with Crippen LogP contribution >= 0.6 is 11.8 Å². The van der Waals surface area contributed by atoms with Crippen molar-refractivity contribution in [1.29, 1.82) is 0 Å². The fraction of sp³-hybridized carbons (Fsp3) is 0.750. The van der Waals surface area contributed by atoms with E-state index in [1.807, 2.05) is 11.8 Å². The molecule has 0 atom stereocenters. The quantitative estimate of drug-likeness (QED) is 0.585. The van der Waals surface area contributed by atoms with Gasteiger partial charge in [0, 0.05) is 0 Å². The predicted molar refractivity (Wildman–Crippen MR) is 46.7 cm³/mol. The highest BCUT2D eigenvalue weighted by atomic mass is 32.2. The van der Waals surface area contributed by atoms with E-state index in [9.17, 15) is 0 Å². The first kappa shape index (κ1) is 9.09. The summed E-state index contributed by atoms with van der Waals surface area (Å²) >= 11 is 1.86. The van der Waals surface area contributed by atoms with Crippen LogP contribution in [0.25, 0.3) is 0 Å². The van der Waals surface area contributed by atoms with Crippen LogP contribution in [0.5, 0.6) is 0 Å². The summed E-state index contributed by atoms with van der Waals surface area (Å²) < 4.78 is 0. The van der Waals surface area contributed by atoms with Crippen molar-refractivity contribution in [1.82, 2.24) is 0 Å². The standard InChI is InChI=1S/C8H16S/c1-5-6-8(9-4)7(2)3/h6-7H,5H2,1-4H3. The van der Waals surface area contributed by atoms with Gasteiger partial charge in [-0.1, -0.05) is 26.8 Å². The van der Waals surface area contributed by atoms with E-state index in [1.165, 1.54) is 4.91 Å². The molecular formula is C8H16S. The van der Waals surface area contributed by atoms with Gasteiger partial charge in [-0.25, -0.2) is 0 Å². The minimum atomic E-state index is 0.708. The molecule has 0 heterocycles. The highest BCUT2D eigenvalue weighted by Crippen LogP contribution is 2.21. The Morgan fingerprint density at radius 2 is 2.11 bits per heavy atom. The molecule has 0 saturated carbocycles. The Balaban J connectivity index is 3.81. The van der Waals surface area contributed by atoms with Crippen LogP contribution in [0.15, 0.2) is 11.0 Å². The van der Waals surface area contributed by atoms with Gasteiger partial charge < -0.3 is 0 Å². The van der Waals surface area contributed by atoms with Crippen molar-refractivity contribution in [2.75, 3.05) is 6.26 Å². The van der Waals surface area contributed by atoms with Gasteiger partial charge in [-0.3, -0.25) is 0 Å². The van der Waals surface area contributed by atoms with Crippen molar-refractivity contribution < 1.29 is 0 Å². The molecule has 0 aliphatic heterocycles. The number of hydrogen-bond acceptors (Lipinski definition) is 1. The van der Waals surface area contributed by atoms with Crippen LogP contribution in [0.4, 0.5) is 0 Å². The predicted octanol–water partition coefficient (Wildman–Crippen LogP) is 3.30. The molecule has 1 heteroatoms. The van der Waals surface area contributed by atoms with Gasteiger partial charge in [0.1, 0.15) is 0 Å². The second-order valence-electron chi connectivity index (χ2n) is 2.37. The maximum atomic E-state index is 2.30. The third kappa shape index (κ3) is 3.63. The third-order valence-electron chi connectivity index (χ3n) is 1.21. The Morgan fingerprint density at radius 1 is 1.56 bits per heavy atom. The molecule has 0 N–H and O–H groups in total. The normalized spacial score (nSPS) is 12.8. The maximum absolute atomic E-state index is 2.30. The molecule has 0 bridgehead atoms. The van der Waals surface area contributed by atoms with Gasteiger partial charge in [0.25, 0.3) is 0 Å². The van der Waals surface area contributed by atoms with E-state index in [1.54, 1.807) is 0 Å². The number of allylic oxidation sites excluding steroid dienone is 2. The van der Waals surface area contributed by atoms with Crippen molar-refractivity contribution in [3.05, 3.63) is 11.0 Å². The Morgan fingerprint density at radius 3 is 2.22 bits per heavy atom. The van der Waals surface area contributed by atoms with Crippen LogP contribution in [0.2, 0.25) is 0 Å². The largest absolute Gasteiger partial charge is 0.134 e. The molecule has 0 saturated heterocycles. The van der Waals surface area contributed by atoms with Crippen molar-refractivity contribution in [2.45, 2.75) is 27.2 Å². The van der Waals surface area contributed by atoms with E-state index in [4.69, 9.17) is 0 Å². The molecule has 0 aliphatic carbocycles. The van der Waals surface area contributed by atoms with Gasteiger partial charge in [0.05, 0.1) is 0 Å². The molecule has 0 aromatic rings. The second kappa shape index (κ2) is 4.92. The summed E-state index contributed by atoms with van der Waals surface area (Å²) in [6.07, 6.45) is 5.60. The molecule has 0 fully saturated rings. The second-order valence-corrected chi connectivity index (χ2v) is 3.25. The van der Waals surface area contributed by atoms with E-state index >= 15 is 0 Å². The van der Waals surface area contributed by atoms with Gasteiger partial charge in [0.2, 0.25) is 0 Å². The van der Waals surface area contributed by atoms with Crippen molar-refractivity contribution >= 4 is 11.8 Å². The van der Waals surface area contributed by atoms with Crippen LogP contribution in [0, 0.1) is 5.92 Å². The van der Waals surface area contributed by atoms with Crippen LogP contribution < -0.4 is 0 Å².